The third kappa shape index (κ3) is 1.13. The topological polar surface area (TPSA) is 17.1 Å². The maximum atomic E-state index is 10.8. The first-order valence-electron chi connectivity index (χ1n) is 3.82. The third-order valence-corrected chi connectivity index (χ3v) is 2.52. The van der Waals surface area contributed by atoms with Crippen LogP contribution in [0.15, 0.2) is 12.2 Å². The highest BCUT2D eigenvalue weighted by Crippen LogP contribution is 2.38. The molecule has 1 fully saturated rings. The van der Waals surface area contributed by atoms with Crippen molar-refractivity contribution in [3.8, 4) is 0 Å². The molecule has 0 aliphatic heterocycles. The minimum Gasteiger partial charge on any atom is -0.295 e. The van der Waals surface area contributed by atoms with Crippen LogP contribution in [0.4, 0.5) is 0 Å². The summed E-state index contributed by atoms with van der Waals surface area (Å²) >= 11 is 0. The molecule has 2 atom stereocenters. The normalized spacial score (nSPS) is 31.0. The lowest BCUT2D eigenvalue weighted by molar-refractivity contribution is -0.114. The lowest BCUT2D eigenvalue weighted by Gasteiger charge is -2.34. The van der Waals surface area contributed by atoms with Gasteiger partial charge in [-0.05, 0) is 37.2 Å². The van der Waals surface area contributed by atoms with E-state index in [2.05, 4.69) is 13.5 Å². The number of carbonyl (C=O) groups excluding carboxylic acids is 1. The van der Waals surface area contributed by atoms with Crippen molar-refractivity contribution in [3.05, 3.63) is 12.2 Å². The molecule has 1 heteroatoms. The number of Topliss-reactive ketones (excluding diaryl/α,β-unsaturated/α-hetero) is 1. The third-order valence-electron chi connectivity index (χ3n) is 2.52. The Labute approximate surface area is 62.1 Å². The second-order valence-corrected chi connectivity index (χ2v) is 3.24. The maximum absolute atomic E-state index is 10.8. The van der Waals surface area contributed by atoms with E-state index < -0.39 is 0 Å². The molecule has 0 aromatic rings. The van der Waals surface area contributed by atoms with Crippen LogP contribution < -0.4 is 0 Å². The summed E-state index contributed by atoms with van der Waals surface area (Å²) in [5.74, 6) is 1.35. The van der Waals surface area contributed by atoms with Crippen molar-refractivity contribution in [3.63, 3.8) is 0 Å². The smallest absolute Gasteiger partial charge is 0.155 e. The van der Waals surface area contributed by atoms with Crippen LogP contribution in [-0.2, 0) is 4.79 Å². The van der Waals surface area contributed by atoms with Crippen molar-refractivity contribution in [2.24, 2.45) is 11.8 Å². The molecule has 0 amide bonds. The number of rotatable bonds is 2. The van der Waals surface area contributed by atoms with Crippen LogP contribution in [0, 0.1) is 11.8 Å². The lowest BCUT2D eigenvalue weighted by Crippen LogP contribution is -2.26. The molecule has 0 aromatic heterocycles. The highest BCUT2D eigenvalue weighted by molar-refractivity contribution is 5.93. The van der Waals surface area contributed by atoms with Gasteiger partial charge in [-0.25, -0.2) is 0 Å². The highest BCUT2D eigenvalue weighted by atomic mass is 16.1. The van der Waals surface area contributed by atoms with Crippen LogP contribution in [0.5, 0.6) is 0 Å². The molecule has 1 rings (SSSR count). The van der Waals surface area contributed by atoms with Gasteiger partial charge in [0.05, 0.1) is 0 Å². The summed E-state index contributed by atoms with van der Waals surface area (Å²) in [6.07, 6.45) is 2.43. The van der Waals surface area contributed by atoms with Gasteiger partial charge in [0.15, 0.2) is 5.78 Å². The largest absolute Gasteiger partial charge is 0.295 e. The van der Waals surface area contributed by atoms with Crippen molar-refractivity contribution < 1.29 is 4.79 Å². The summed E-state index contributed by atoms with van der Waals surface area (Å²) in [5.41, 5.74) is 0.832. The van der Waals surface area contributed by atoms with Gasteiger partial charge in [-0.1, -0.05) is 13.5 Å². The monoisotopic (exact) mass is 138 g/mol. The maximum Gasteiger partial charge on any atom is 0.155 e. The molecule has 0 heterocycles. The van der Waals surface area contributed by atoms with Gasteiger partial charge < -0.3 is 0 Å². The number of hydrogen-bond acceptors (Lipinski definition) is 1. The van der Waals surface area contributed by atoms with Crippen molar-refractivity contribution in [1.82, 2.24) is 0 Å². The number of allylic oxidation sites excluding steroid dienone is 1. The fourth-order valence-electron chi connectivity index (χ4n) is 1.45. The van der Waals surface area contributed by atoms with Gasteiger partial charge >= 0.3 is 0 Å². The van der Waals surface area contributed by atoms with Crippen molar-refractivity contribution in [2.45, 2.75) is 26.7 Å². The Morgan fingerprint density at radius 3 is 2.20 bits per heavy atom. The Hall–Kier alpha value is -0.590. The first kappa shape index (κ1) is 7.52. The van der Waals surface area contributed by atoms with Gasteiger partial charge in [-0.3, -0.25) is 4.79 Å². The second-order valence-electron chi connectivity index (χ2n) is 3.24. The molecular formula is C9H14O. The predicted octanol–water partition coefficient (Wildman–Crippen LogP) is 2.18. The molecule has 0 bridgehead atoms. The van der Waals surface area contributed by atoms with E-state index >= 15 is 0 Å². The predicted molar refractivity (Wildman–Crippen MR) is 41.7 cm³/mol. The Morgan fingerprint density at radius 2 is 2.10 bits per heavy atom. The zero-order valence-electron chi connectivity index (χ0n) is 6.68. The van der Waals surface area contributed by atoms with E-state index in [-0.39, 0.29) is 5.78 Å². The van der Waals surface area contributed by atoms with Crippen LogP contribution in [0.25, 0.3) is 0 Å². The van der Waals surface area contributed by atoms with E-state index in [1.165, 1.54) is 12.8 Å². The summed E-state index contributed by atoms with van der Waals surface area (Å²) < 4.78 is 0. The first-order chi connectivity index (χ1) is 4.63. The van der Waals surface area contributed by atoms with Crippen LogP contribution in [-0.4, -0.2) is 5.78 Å². The molecule has 0 radical (unpaired) electrons. The molecule has 10 heavy (non-hydrogen) atoms. The summed E-state index contributed by atoms with van der Waals surface area (Å²) in [4.78, 5) is 10.8. The molecule has 1 nitrogen and oxygen atoms in total. The van der Waals surface area contributed by atoms with E-state index in [1.807, 2.05) is 0 Å². The number of carbonyl (C=O) groups is 1. The van der Waals surface area contributed by atoms with Crippen LogP contribution in [0.1, 0.15) is 26.7 Å². The molecule has 1 saturated carbocycles. The summed E-state index contributed by atoms with van der Waals surface area (Å²) in [6.45, 7) is 7.56. The Kier molecular flexibility index (Phi) is 1.93. The van der Waals surface area contributed by atoms with Gasteiger partial charge in [-0.15, -0.1) is 0 Å². The Morgan fingerprint density at radius 1 is 1.50 bits per heavy atom. The quantitative estimate of drug-likeness (QED) is 0.534. The standard InChI is InChI=1S/C9H14O/c1-6-4-5-9(6)7(2)8(3)10/h6,9H,2,4-5H2,1,3H3. The number of hydrogen-bond donors (Lipinski definition) is 0. The summed E-state index contributed by atoms with van der Waals surface area (Å²) in [5, 5.41) is 0. The zero-order valence-corrected chi connectivity index (χ0v) is 6.68. The fraction of sp³-hybridized carbons (Fsp3) is 0.667. The van der Waals surface area contributed by atoms with E-state index in [4.69, 9.17) is 0 Å². The minimum absolute atomic E-state index is 0.163. The zero-order chi connectivity index (χ0) is 7.72. The average molecular weight is 138 g/mol. The van der Waals surface area contributed by atoms with E-state index in [9.17, 15) is 4.79 Å². The molecule has 2 unspecified atom stereocenters. The lowest BCUT2D eigenvalue weighted by atomic mass is 9.70. The Bertz CT molecular complexity index is 170. The van der Waals surface area contributed by atoms with Crippen molar-refractivity contribution >= 4 is 5.78 Å². The first-order valence-corrected chi connectivity index (χ1v) is 3.82. The van der Waals surface area contributed by atoms with E-state index in [0.29, 0.717) is 11.8 Å². The number of ketones is 1. The fourth-order valence-corrected chi connectivity index (χ4v) is 1.45. The van der Waals surface area contributed by atoms with Gasteiger partial charge in [0.1, 0.15) is 0 Å². The van der Waals surface area contributed by atoms with Gasteiger partial charge in [-0.2, -0.15) is 0 Å². The minimum atomic E-state index is 0.163. The molecule has 56 valence electrons. The van der Waals surface area contributed by atoms with Crippen LogP contribution >= 0.6 is 0 Å². The van der Waals surface area contributed by atoms with Crippen LogP contribution in [0.3, 0.4) is 0 Å². The molecule has 0 N–H and O–H groups in total. The Balaban J connectivity index is 2.50. The SMILES string of the molecule is C=C(C(C)=O)C1CCC1C. The summed E-state index contributed by atoms with van der Waals surface area (Å²) in [7, 11) is 0. The van der Waals surface area contributed by atoms with Crippen LogP contribution in [0.2, 0.25) is 0 Å². The molecule has 1 aliphatic rings. The molecule has 0 aromatic carbocycles. The van der Waals surface area contributed by atoms with E-state index in [0.717, 1.165) is 5.57 Å². The highest BCUT2D eigenvalue weighted by Gasteiger charge is 2.30. The van der Waals surface area contributed by atoms with Crippen molar-refractivity contribution in [1.29, 1.82) is 0 Å². The van der Waals surface area contributed by atoms with Gasteiger partial charge in [0, 0.05) is 0 Å². The summed E-state index contributed by atoms with van der Waals surface area (Å²) in [6, 6.07) is 0. The van der Waals surface area contributed by atoms with E-state index in [1.54, 1.807) is 6.92 Å². The molecule has 0 spiro atoms. The molecule has 0 saturated heterocycles. The van der Waals surface area contributed by atoms with Crippen molar-refractivity contribution in [2.75, 3.05) is 0 Å². The molecule has 1 aliphatic carbocycles. The van der Waals surface area contributed by atoms with Gasteiger partial charge in [0.25, 0.3) is 0 Å². The second kappa shape index (κ2) is 2.57. The average Bonchev–Trinajstić information content (AvgIpc) is 1.84. The molecular weight excluding hydrogens is 124 g/mol. The van der Waals surface area contributed by atoms with Gasteiger partial charge in [0.2, 0.25) is 0 Å².